The molecule has 92 valence electrons. The van der Waals surface area contributed by atoms with E-state index in [0.29, 0.717) is 5.92 Å². The minimum Gasteiger partial charge on any atom is -0.328 e. The van der Waals surface area contributed by atoms with E-state index < -0.39 is 0 Å². The monoisotopic (exact) mass is 231 g/mol. The summed E-state index contributed by atoms with van der Waals surface area (Å²) >= 11 is 0. The second-order valence-electron chi connectivity index (χ2n) is 5.21. The smallest absolute Gasteiger partial charge is 0.113 e. The Labute approximate surface area is 103 Å². The van der Waals surface area contributed by atoms with Crippen LogP contribution in [0.5, 0.6) is 0 Å². The van der Waals surface area contributed by atoms with Crippen molar-refractivity contribution in [2.75, 3.05) is 0 Å². The molecule has 17 heavy (non-hydrogen) atoms. The van der Waals surface area contributed by atoms with Gasteiger partial charge in [0.05, 0.1) is 11.2 Å². The molecule has 0 aromatic carbocycles. The number of rotatable bonds is 4. The summed E-state index contributed by atoms with van der Waals surface area (Å²) in [5.41, 5.74) is 8.19. The zero-order chi connectivity index (χ0) is 12.4. The lowest BCUT2D eigenvalue weighted by molar-refractivity contribution is 0.617. The molecular weight excluding hydrogens is 210 g/mol. The molecule has 1 atom stereocenters. The maximum atomic E-state index is 5.88. The highest BCUT2D eigenvalue weighted by molar-refractivity contribution is 5.53. The van der Waals surface area contributed by atoms with Crippen LogP contribution in [0.2, 0.25) is 0 Å². The Morgan fingerprint density at radius 3 is 2.65 bits per heavy atom. The first-order chi connectivity index (χ1) is 8.08. The molecule has 0 aliphatic heterocycles. The number of aromatic nitrogens is 2. The van der Waals surface area contributed by atoms with Crippen molar-refractivity contribution in [2.45, 2.75) is 39.7 Å². The molecule has 2 N–H and O–H groups in total. The van der Waals surface area contributed by atoms with Crippen molar-refractivity contribution >= 4 is 5.52 Å². The molecule has 3 heteroatoms. The highest BCUT2D eigenvalue weighted by Gasteiger charge is 2.12. The number of hydrogen-bond donors (Lipinski definition) is 1. The van der Waals surface area contributed by atoms with Gasteiger partial charge in [0, 0.05) is 25.1 Å². The number of hydrogen-bond acceptors (Lipinski definition) is 2. The summed E-state index contributed by atoms with van der Waals surface area (Å²) in [5.74, 6) is 1.76. The highest BCUT2D eigenvalue weighted by Crippen LogP contribution is 2.16. The van der Waals surface area contributed by atoms with Gasteiger partial charge in [-0.25, -0.2) is 4.98 Å². The summed E-state index contributed by atoms with van der Waals surface area (Å²) in [5, 5.41) is 0. The zero-order valence-corrected chi connectivity index (χ0v) is 10.9. The second-order valence-corrected chi connectivity index (χ2v) is 5.21. The van der Waals surface area contributed by atoms with Crippen molar-refractivity contribution in [1.29, 1.82) is 0 Å². The van der Waals surface area contributed by atoms with E-state index >= 15 is 0 Å². The number of imidazole rings is 1. The molecular formula is C14H21N3. The molecule has 1 unspecified atom stereocenters. The van der Waals surface area contributed by atoms with E-state index in [4.69, 9.17) is 10.7 Å². The zero-order valence-electron chi connectivity index (χ0n) is 10.9. The third-order valence-electron chi connectivity index (χ3n) is 2.80. The first-order valence-corrected chi connectivity index (χ1v) is 6.28. The summed E-state index contributed by atoms with van der Waals surface area (Å²) in [6.07, 6.45) is 3.93. The summed E-state index contributed by atoms with van der Waals surface area (Å²) in [7, 11) is 0. The van der Waals surface area contributed by atoms with Gasteiger partial charge in [-0.2, -0.15) is 0 Å². The normalized spacial score (nSPS) is 13.5. The van der Waals surface area contributed by atoms with Gasteiger partial charge in [0.1, 0.15) is 5.82 Å². The van der Waals surface area contributed by atoms with Crippen LogP contribution >= 0.6 is 0 Å². The molecule has 2 aromatic rings. The van der Waals surface area contributed by atoms with Gasteiger partial charge in [-0.05, 0) is 25.0 Å². The molecule has 0 fully saturated rings. The van der Waals surface area contributed by atoms with Gasteiger partial charge in [-0.1, -0.05) is 19.9 Å². The lowest BCUT2D eigenvalue weighted by atomic mass is 10.1. The van der Waals surface area contributed by atoms with Gasteiger partial charge in [0.2, 0.25) is 0 Å². The Morgan fingerprint density at radius 2 is 2.00 bits per heavy atom. The van der Waals surface area contributed by atoms with Crippen LogP contribution in [0.15, 0.2) is 24.4 Å². The van der Waals surface area contributed by atoms with Crippen LogP contribution in [0.3, 0.4) is 0 Å². The van der Waals surface area contributed by atoms with Crippen molar-refractivity contribution in [3.8, 4) is 0 Å². The van der Waals surface area contributed by atoms with E-state index in [2.05, 4.69) is 36.6 Å². The summed E-state index contributed by atoms with van der Waals surface area (Å²) in [6, 6.07) is 6.38. The van der Waals surface area contributed by atoms with E-state index in [9.17, 15) is 0 Å². The maximum absolute atomic E-state index is 5.88. The summed E-state index contributed by atoms with van der Waals surface area (Å²) < 4.78 is 2.19. The van der Waals surface area contributed by atoms with Crippen LogP contribution in [0.4, 0.5) is 0 Å². The molecule has 3 nitrogen and oxygen atoms in total. The Morgan fingerprint density at radius 1 is 1.24 bits per heavy atom. The maximum Gasteiger partial charge on any atom is 0.113 e. The molecule has 0 spiro atoms. The standard InChI is InChI=1S/C14H21N3/c1-10(2)8-14-16-12(9-11(3)15)13-6-4-5-7-17(13)14/h4-7,10-11H,8-9,15H2,1-3H3. The van der Waals surface area contributed by atoms with Gasteiger partial charge in [0.15, 0.2) is 0 Å². The fraction of sp³-hybridized carbons (Fsp3) is 0.500. The topological polar surface area (TPSA) is 43.3 Å². The van der Waals surface area contributed by atoms with Crippen LogP contribution in [0.25, 0.3) is 5.52 Å². The molecule has 0 saturated carbocycles. The third-order valence-corrected chi connectivity index (χ3v) is 2.80. The molecule has 2 heterocycles. The van der Waals surface area contributed by atoms with Gasteiger partial charge in [-0.15, -0.1) is 0 Å². The predicted octanol–water partition coefficient (Wildman–Crippen LogP) is 2.42. The SMILES string of the molecule is CC(C)Cc1nc(CC(C)N)c2ccccn12. The number of nitrogens with zero attached hydrogens (tertiary/aromatic N) is 2. The molecule has 2 aromatic heterocycles. The van der Waals surface area contributed by atoms with Crippen molar-refractivity contribution in [3.05, 3.63) is 35.9 Å². The van der Waals surface area contributed by atoms with Crippen LogP contribution in [-0.4, -0.2) is 15.4 Å². The van der Waals surface area contributed by atoms with Crippen molar-refractivity contribution in [3.63, 3.8) is 0 Å². The Kier molecular flexibility index (Phi) is 3.48. The average molecular weight is 231 g/mol. The third kappa shape index (κ3) is 2.67. The Balaban J connectivity index is 2.46. The largest absolute Gasteiger partial charge is 0.328 e. The van der Waals surface area contributed by atoms with Gasteiger partial charge in [-0.3, -0.25) is 0 Å². The molecule has 0 aliphatic carbocycles. The van der Waals surface area contributed by atoms with Gasteiger partial charge in [0.25, 0.3) is 0 Å². The first-order valence-electron chi connectivity index (χ1n) is 6.28. The van der Waals surface area contributed by atoms with Gasteiger partial charge < -0.3 is 10.1 Å². The number of pyridine rings is 1. The molecule has 0 amide bonds. The summed E-state index contributed by atoms with van der Waals surface area (Å²) in [6.45, 7) is 6.46. The van der Waals surface area contributed by atoms with E-state index in [1.807, 2.05) is 13.0 Å². The van der Waals surface area contributed by atoms with E-state index in [-0.39, 0.29) is 6.04 Å². The summed E-state index contributed by atoms with van der Waals surface area (Å²) in [4.78, 5) is 4.75. The predicted molar refractivity (Wildman–Crippen MR) is 71.1 cm³/mol. The lowest BCUT2D eigenvalue weighted by Crippen LogP contribution is -2.18. The van der Waals surface area contributed by atoms with Gasteiger partial charge >= 0.3 is 0 Å². The fourth-order valence-corrected chi connectivity index (χ4v) is 2.13. The number of fused-ring (bicyclic) bond motifs is 1. The van der Waals surface area contributed by atoms with Crippen LogP contribution < -0.4 is 5.73 Å². The second kappa shape index (κ2) is 4.88. The average Bonchev–Trinajstić information content (AvgIpc) is 2.56. The molecule has 2 rings (SSSR count). The van der Waals surface area contributed by atoms with Crippen molar-refractivity contribution in [2.24, 2.45) is 11.7 Å². The molecule has 0 saturated heterocycles. The van der Waals surface area contributed by atoms with Crippen LogP contribution in [-0.2, 0) is 12.8 Å². The minimum absolute atomic E-state index is 0.154. The Hall–Kier alpha value is -1.35. The van der Waals surface area contributed by atoms with E-state index in [1.54, 1.807) is 0 Å². The minimum atomic E-state index is 0.154. The molecule has 0 aliphatic rings. The van der Waals surface area contributed by atoms with Crippen molar-refractivity contribution in [1.82, 2.24) is 9.38 Å². The molecule has 0 radical (unpaired) electrons. The lowest BCUT2D eigenvalue weighted by Gasteiger charge is -2.03. The van der Waals surface area contributed by atoms with E-state index in [0.717, 1.165) is 24.4 Å². The Bertz CT molecular complexity index is 453. The molecule has 0 bridgehead atoms. The first kappa shape index (κ1) is 12.1. The van der Waals surface area contributed by atoms with Crippen LogP contribution in [0, 0.1) is 5.92 Å². The number of nitrogens with two attached hydrogens (primary N) is 1. The van der Waals surface area contributed by atoms with Crippen LogP contribution in [0.1, 0.15) is 32.3 Å². The van der Waals surface area contributed by atoms with E-state index in [1.165, 1.54) is 5.52 Å². The quantitative estimate of drug-likeness (QED) is 0.878. The highest BCUT2D eigenvalue weighted by atomic mass is 15.0. The fourth-order valence-electron chi connectivity index (χ4n) is 2.13. The van der Waals surface area contributed by atoms with Crippen molar-refractivity contribution < 1.29 is 0 Å².